The number of aromatic nitrogens is 4. The van der Waals surface area contributed by atoms with Gasteiger partial charge < -0.3 is 10.1 Å². The summed E-state index contributed by atoms with van der Waals surface area (Å²) in [6.07, 6.45) is 0. The number of ether oxygens (including phenoxy) is 1. The highest BCUT2D eigenvalue weighted by Crippen LogP contribution is 2.35. The summed E-state index contributed by atoms with van der Waals surface area (Å²) in [4.78, 5) is 12.5. The number of tetrazole rings is 1. The number of fused-ring (bicyclic) bond motifs is 1. The van der Waals surface area contributed by atoms with Crippen LogP contribution in [0.3, 0.4) is 0 Å². The Morgan fingerprint density at radius 3 is 2.67 bits per heavy atom. The molecule has 1 aliphatic rings. The molecule has 2 aromatic rings. The van der Waals surface area contributed by atoms with Crippen molar-refractivity contribution in [3.8, 4) is 0 Å². The third kappa shape index (κ3) is 2.77. The lowest BCUT2D eigenvalue weighted by molar-refractivity contribution is -0.139. The van der Waals surface area contributed by atoms with Crippen LogP contribution in [-0.2, 0) is 9.53 Å². The van der Waals surface area contributed by atoms with E-state index in [2.05, 4.69) is 46.8 Å². The number of nitrogens with zero attached hydrogens (tertiary/aromatic N) is 4. The fourth-order valence-corrected chi connectivity index (χ4v) is 2.86. The molecule has 0 bridgehead atoms. The summed E-state index contributed by atoms with van der Waals surface area (Å²) in [5.74, 6) is 0.595. The molecule has 7 heteroatoms. The molecule has 1 atom stereocenters. The summed E-state index contributed by atoms with van der Waals surface area (Å²) >= 11 is 0. The third-order valence-electron chi connectivity index (χ3n) is 4.13. The average Bonchev–Trinajstić information content (AvgIpc) is 3.01. The average molecular weight is 327 g/mol. The van der Waals surface area contributed by atoms with Gasteiger partial charge in [-0.1, -0.05) is 43.2 Å². The molecule has 0 fully saturated rings. The molecular weight excluding hydrogens is 306 g/mol. The maximum atomic E-state index is 12.5. The maximum absolute atomic E-state index is 12.5. The van der Waals surface area contributed by atoms with Crippen LogP contribution in [0.15, 0.2) is 35.5 Å². The molecule has 7 nitrogen and oxygen atoms in total. The van der Waals surface area contributed by atoms with Crippen molar-refractivity contribution in [2.45, 2.75) is 39.7 Å². The van der Waals surface area contributed by atoms with E-state index in [1.54, 1.807) is 11.6 Å². The van der Waals surface area contributed by atoms with E-state index in [9.17, 15) is 4.79 Å². The number of hydrogen-bond acceptors (Lipinski definition) is 6. The largest absolute Gasteiger partial charge is 0.463 e. The van der Waals surface area contributed by atoms with E-state index in [4.69, 9.17) is 4.74 Å². The van der Waals surface area contributed by atoms with Gasteiger partial charge in [0.05, 0.1) is 12.2 Å². The van der Waals surface area contributed by atoms with Crippen LogP contribution in [0, 0.1) is 0 Å². The Hall–Kier alpha value is -2.70. The summed E-state index contributed by atoms with van der Waals surface area (Å²) in [5, 5.41) is 14.8. The van der Waals surface area contributed by atoms with Crippen LogP contribution in [0.4, 0.5) is 5.95 Å². The highest BCUT2D eigenvalue weighted by atomic mass is 16.5. The second-order valence-electron chi connectivity index (χ2n) is 6.06. The minimum Gasteiger partial charge on any atom is -0.463 e. The third-order valence-corrected chi connectivity index (χ3v) is 4.13. The van der Waals surface area contributed by atoms with Crippen molar-refractivity contribution in [1.29, 1.82) is 0 Å². The Kier molecular flexibility index (Phi) is 4.33. The SMILES string of the molecule is CCOC(=O)C1=C(C)Nc2nnnn2[C@H]1c1ccc(C(C)C)cc1. The van der Waals surface area contributed by atoms with Crippen LogP contribution in [-0.4, -0.2) is 32.8 Å². The molecule has 0 spiro atoms. The number of anilines is 1. The lowest BCUT2D eigenvalue weighted by atomic mass is 9.93. The second kappa shape index (κ2) is 6.43. The molecule has 1 N–H and O–H groups in total. The maximum Gasteiger partial charge on any atom is 0.338 e. The number of allylic oxidation sites excluding steroid dienone is 1. The first-order valence-electron chi connectivity index (χ1n) is 8.05. The van der Waals surface area contributed by atoms with Gasteiger partial charge in [-0.3, -0.25) is 0 Å². The van der Waals surface area contributed by atoms with Crippen molar-refractivity contribution in [2.75, 3.05) is 11.9 Å². The molecule has 0 unspecified atom stereocenters. The summed E-state index contributed by atoms with van der Waals surface area (Å²) in [7, 11) is 0. The molecule has 1 aromatic heterocycles. The van der Waals surface area contributed by atoms with Gasteiger partial charge in [0, 0.05) is 5.70 Å². The lowest BCUT2D eigenvalue weighted by Crippen LogP contribution is -2.29. The van der Waals surface area contributed by atoms with Crippen molar-refractivity contribution in [3.63, 3.8) is 0 Å². The molecule has 0 radical (unpaired) electrons. The van der Waals surface area contributed by atoms with Gasteiger partial charge in [0.25, 0.3) is 0 Å². The standard InChI is InChI=1S/C17H21N5O2/c1-5-24-16(23)14-11(4)18-17-19-20-21-22(17)15(14)13-8-6-12(7-9-13)10(2)3/h6-10,15H,5H2,1-4H3,(H,18,19,21)/t15-/m0/s1. The van der Waals surface area contributed by atoms with Gasteiger partial charge in [-0.15, -0.1) is 0 Å². The van der Waals surface area contributed by atoms with Gasteiger partial charge >= 0.3 is 5.97 Å². The highest BCUT2D eigenvalue weighted by molar-refractivity contribution is 5.92. The van der Waals surface area contributed by atoms with Crippen molar-refractivity contribution in [1.82, 2.24) is 20.2 Å². The van der Waals surface area contributed by atoms with E-state index in [1.807, 2.05) is 19.1 Å². The molecule has 0 saturated heterocycles. The molecule has 1 aliphatic heterocycles. The predicted molar refractivity (Wildman–Crippen MR) is 89.4 cm³/mol. The molecule has 0 amide bonds. The van der Waals surface area contributed by atoms with Gasteiger partial charge in [0.15, 0.2) is 0 Å². The Bertz CT molecular complexity index is 777. The highest BCUT2D eigenvalue weighted by Gasteiger charge is 2.34. The first-order chi connectivity index (χ1) is 11.5. The molecule has 3 rings (SSSR count). The number of nitrogens with one attached hydrogen (secondary N) is 1. The van der Waals surface area contributed by atoms with Crippen LogP contribution in [0.2, 0.25) is 0 Å². The summed E-state index contributed by atoms with van der Waals surface area (Å²) < 4.78 is 6.85. The van der Waals surface area contributed by atoms with Crippen LogP contribution in [0.1, 0.15) is 50.8 Å². The minimum absolute atomic E-state index is 0.317. The minimum atomic E-state index is -0.406. The van der Waals surface area contributed by atoms with Crippen molar-refractivity contribution in [3.05, 3.63) is 46.7 Å². The van der Waals surface area contributed by atoms with Crippen LogP contribution < -0.4 is 5.32 Å². The monoisotopic (exact) mass is 327 g/mol. The Labute approximate surface area is 140 Å². The topological polar surface area (TPSA) is 81.9 Å². The van der Waals surface area contributed by atoms with Crippen LogP contribution in [0.25, 0.3) is 0 Å². The Morgan fingerprint density at radius 2 is 2.04 bits per heavy atom. The van der Waals surface area contributed by atoms with Gasteiger partial charge in [-0.2, -0.15) is 4.68 Å². The zero-order valence-corrected chi connectivity index (χ0v) is 14.3. The summed E-state index contributed by atoms with van der Waals surface area (Å²) in [6, 6.07) is 7.78. The molecule has 24 heavy (non-hydrogen) atoms. The number of carbonyl (C=O) groups is 1. The van der Waals surface area contributed by atoms with Gasteiger partial charge in [-0.25, -0.2) is 4.79 Å². The van der Waals surface area contributed by atoms with E-state index in [0.717, 1.165) is 5.56 Å². The quantitative estimate of drug-likeness (QED) is 0.869. The first kappa shape index (κ1) is 16.2. The molecule has 1 aromatic carbocycles. The normalized spacial score (nSPS) is 16.8. The van der Waals surface area contributed by atoms with E-state index >= 15 is 0 Å². The summed E-state index contributed by atoms with van der Waals surface area (Å²) in [5.41, 5.74) is 3.41. The fourth-order valence-electron chi connectivity index (χ4n) is 2.86. The summed E-state index contributed by atoms with van der Waals surface area (Å²) in [6.45, 7) is 8.23. The number of benzene rings is 1. The smallest absolute Gasteiger partial charge is 0.338 e. The molecule has 0 aliphatic carbocycles. The van der Waals surface area contributed by atoms with Gasteiger partial charge in [-0.05, 0) is 41.3 Å². The zero-order valence-electron chi connectivity index (χ0n) is 14.3. The lowest BCUT2D eigenvalue weighted by Gasteiger charge is -2.27. The number of hydrogen-bond donors (Lipinski definition) is 1. The molecule has 126 valence electrons. The van der Waals surface area contributed by atoms with E-state index in [1.165, 1.54) is 5.56 Å². The Balaban J connectivity index is 2.08. The fraction of sp³-hybridized carbons (Fsp3) is 0.412. The second-order valence-corrected chi connectivity index (χ2v) is 6.06. The van der Waals surface area contributed by atoms with Gasteiger partial charge in [0.2, 0.25) is 5.95 Å². The van der Waals surface area contributed by atoms with E-state index in [-0.39, 0.29) is 5.97 Å². The Morgan fingerprint density at radius 1 is 1.33 bits per heavy atom. The van der Waals surface area contributed by atoms with E-state index in [0.29, 0.717) is 29.7 Å². The van der Waals surface area contributed by atoms with E-state index < -0.39 is 6.04 Å². The molecule has 2 heterocycles. The predicted octanol–water partition coefficient (Wildman–Crippen LogP) is 2.65. The van der Waals surface area contributed by atoms with Crippen LogP contribution >= 0.6 is 0 Å². The van der Waals surface area contributed by atoms with Crippen molar-refractivity contribution in [2.24, 2.45) is 0 Å². The zero-order chi connectivity index (χ0) is 17.3. The molecule has 0 saturated carbocycles. The number of carbonyl (C=O) groups excluding carboxylic acids is 1. The number of rotatable bonds is 4. The molecular formula is C17H21N5O2. The number of esters is 1. The van der Waals surface area contributed by atoms with Gasteiger partial charge in [0.1, 0.15) is 6.04 Å². The van der Waals surface area contributed by atoms with Crippen molar-refractivity contribution < 1.29 is 9.53 Å². The van der Waals surface area contributed by atoms with Crippen LogP contribution in [0.5, 0.6) is 0 Å². The first-order valence-corrected chi connectivity index (χ1v) is 8.05. The van der Waals surface area contributed by atoms with Crippen molar-refractivity contribution >= 4 is 11.9 Å².